The van der Waals surface area contributed by atoms with E-state index in [1.165, 1.54) is 36.3 Å². The van der Waals surface area contributed by atoms with E-state index in [0.29, 0.717) is 23.7 Å². The fourth-order valence-electron chi connectivity index (χ4n) is 3.97. The molecule has 0 radical (unpaired) electrons. The second-order valence-corrected chi connectivity index (χ2v) is 9.66. The van der Waals surface area contributed by atoms with Crippen LogP contribution in [0.1, 0.15) is 119 Å². The Kier molecular flexibility index (Phi) is 6.35. The molecule has 1 saturated heterocycles. The molecular weight excluding hydrogens is 370 g/mol. The first kappa shape index (κ1) is 21.2. The number of aryl methyl sites for hydroxylation is 1. The van der Waals surface area contributed by atoms with Gasteiger partial charge in [-0.2, -0.15) is 0 Å². The molecule has 2 atom stereocenters. The van der Waals surface area contributed by atoms with E-state index in [0.717, 1.165) is 49.8 Å². The first-order valence-corrected chi connectivity index (χ1v) is 12.0. The molecule has 0 bridgehead atoms. The molecular formula is C25H37N5. The standard InChI is InChI=1S/C25H37N5/c1-6-20-14-22(29-25(26-20)30-12-7-13-30)17(4)8-9-18(5)23-15-21(16(2)3)27-24(28-23)19-10-11-19/h14-19H,6-13H2,1-5H3. The van der Waals surface area contributed by atoms with Crippen molar-refractivity contribution in [3.63, 3.8) is 0 Å². The average Bonchev–Trinajstić information content (AvgIpc) is 3.55. The molecule has 4 rings (SSSR count). The summed E-state index contributed by atoms with van der Waals surface area (Å²) in [5.41, 5.74) is 4.78. The molecule has 0 N–H and O–H groups in total. The van der Waals surface area contributed by atoms with Gasteiger partial charge in [0.15, 0.2) is 0 Å². The summed E-state index contributed by atoms with van der Waals surface area (Å²) in [6, 6.07) is 4.46. The second-order valence-electron chi connectivity index (χ2n) is 9.66. The Morgan fingerprint density at radius 3 is 2.03 bits per heavy atom. The van der Waals surface area contributed by atoms with Gasteiger partial charge in [0, 0.05) is 41.8 Å². The fourth-order valence-corrected chi connectivity index (χ4v) is 3.97. The van der Waals surface area contributed by atoms with E-state index < -0.39 is 0 Å². The number of anilines is 1. The minimum atomic E-state index is 0.426. The van der Waals surface area contributed by atoms with Crippen LogP contribution in [0.15, 0.2) is 12.1 Å². The summed E-state index contributed by atoms with van der Waals surface area (Å²) in [4.78, 5) is 21.8. The van der Waals surface area contributed by atoms with E-state index in [1.54, 1.807) is 0 Å². The van der Waals surface area contributed by atoms with Gasteiger partial charge in [-0.05, 0) is 68.4 Å². The molecule has 5 heteroatoms. The molecule has 2 unspecified atom stereocenters. The van der Waals surface area contributed by atoms with Gasteiger partial charge in [-0.1, -0.05) is 34.6 Å². The summed E-state index contributed by atoms with van der Waals surface area (Å²) < 4.78 is 0. The third kappa shape index (κ3) is 4.81. The Morgan fingerprint density at radius 1 is 0.867 bits per heavy atom. The molecule has 5 nitrogen and oxygen atoms in total. The van der Waals surface area contributed by atoms with Crippen LogP contribution in [-0.2, 0) is 6.42 Å². The van der Waals surface area contributed by atoms with Crippen molar-refractivity contribution in [2.24, 2.45) is 0 Å². The highest BCUT2D eigenvalue weighted by Crippen LogP contribution is 2.39. The first-order chi connectivity index (χ1) is 14.4. The minimum Gasteiger partial charge on any atom is -0.341 e. The number of nitrogens with zero attached hydrogens (tertiary/aromatic N) is 5. The lowest BCUT2D eigenvalue weighted by atomic mass is 9.92. The van der Waals surface area contributed by atoms with Crippen LogP contribution in [0.25, 0.3) is 0 Å². The van der Waals surface area contributed by atoms with Crippen LogP contribution in [0.2, 0.25) is 0 Å². The molecule has 2 fully saturated rings. The number of hydrogen-bond donors (Lipinski definition) is 0. The predicted octanol–water partition coefficient (Wildman–Crippen LogP) is 5.73. The van der Waals surface area contributed by atoms with E-state index in [4.69, 9.17) is 19.9 Å². The SMILES string of the molecule is CCc1cc(C(C)CCC(C)c2cc(C(C)C)nc(C3CC3)n2)nc(N2CCC2)n1. The normalized spacial score (nSPS) is 18.4. The Balaban J connectivity index is 1.45. The van der Waals surface area contributed by atoms with Crippen molar-refractivity contribution in [2.75, 3.05) is 18.0 Å². The molecule has 30 heavy (non-hydrogen) atoms. The van der Waals surface area contributed by atoms with Crippen LogP contribution in [0, 0.1) is 0 Å². The van der Waals surface area contributed by atoms with Crippen molar-refractivity contribution in [3.8, 4) is 0 Å². The van der Waals surface area contributed by atoms with Crippen molar-refractivity contribution >= 4 is 5.95 Å². The van der Waals surface area contributed by atoms with E-state index in [2.05, 4.69) is 51.7 Å². The summed E-state index contributed by atoms with van der Waals surface area (Å²) >= 11 is 0. The zero-order chi connectivity index (χ0) is 21.3. The maximum absolute atomic E-state index is 4.97. The van der Waals surface area contributed by atoms with Gasteiger partial charge in [-0.15, -0.1) is 0 Å². The molecule has 0 amide bonds. The molecule has 162 valence electrons. The lowest BCUT2D eigenvalue weighted by Gasteiger charge is -2.31. The van der Waals surface area contributed by atoms with Crippen molar-refractivity contribution in [1.29, 1.82) is 0 Å². The van der Waals surface area contributed by atoms with Gasteiger partial charge in [0.05, 0.1) is 0 Å². The lowest BCUT2D eigenvalue weighted by molar-refractivity contribution is 0.547. The van der Waals surface area contributed by atoms with Gasteiger partial charge in [0.25, 0.3) is 0 Å². The van der Waals surface area contributed by atoms with Crippen LogP contribution < -0.4 is 4.90 Å². The Hall–Kier alpha value is -2.04. The van der Waals surface area contributed by atoms with Crippen LogP contribution in [0.5, 0.6) is 0 Å². The molecule has 1 saturated carbocycles. The third-order valence-corrected chi connectivity index (χ3v) is 6.65. The second kappa shape index (κ2) is 8.99. The van der Waals surface area contributed by atoms with E-state index >= 15 is 0 Å². The van der Waals surface area contributed by atoms with Gasteiger partial charge in [-0.3, -0.25) is 0 Å². The molecule has 2 aliphatic rings. The summed E-state index contributed by atoms with van der Waals surface area (Å²) in [6.07, 6.45) is 6.94. The zero-order valence-corrected chi connectivity index (χ0v) is 19.4. The van der Waals surface area contributed by atoms with Gasteiger partial charge >= 0.3 is 0 Å². The van der Waals surface area contributed by atoms with Crippen LogP contribution in [-0.4, -0.2) is 33.0 Å². The average molecular weight is 408 g/mol. The largest absolute Gasteiger partial charge is 0.341 e. The summed E-state index contributed by atoms with van der Waals surface area (Å²) in [7, 11) is 0. The maximum atomic E-state index is 4.97. The minimum absolute atomic E-state index is 0.426. The highest BCUT2D eigenvalue weighted by atomic mass is 15.3. The van der Waals surface area contributed by atoms with E-state index in [9.17, 15) is 0 Å². The monoisotopic (exact) mass is 407 g/mol. The molecule has 3 heterocycles. The maximum Gasteiger partial charge on any atom is 0.225 e. The Morgan fingerprint density at radius 2 is 1.50 bits per heavy atom. The van der Waals surface area contributed by atoms with Gasteiger partial charge in [-0.25, -0.2) is 19.9 Å². The van der Waals surface area contributed by atoms with E-state index in [-0.39, 0.29) is 0 Å². The Bertz CT molecular complexity index is 850. The molecule has 0 aromatic carbocycles. The summed E-state index contributed by atoms with van der Waals surface area (Å²) in [6.45, 7) is 13.4. The Labute approximate surface area is 181 Å². The zero-order valence-electron chi connectivity index (χ0n) is 19.4. The van der Waals surface area contributed by atoms with Crippen molar-refractivity contribution < 1.29 is 0 Å². The molecule has 1 aliphatic heterocycles. The van der Waals surface area contributed by atoms with Crippen LogP contribution in [0.4, 0.5) is 5.95 Å². The number of rotatable bonds is 9. The topological polar surface area (TPSA) is 54.8 Å². The van der Waals surface area contributed by atoms with Gasteiger partial charge < -0.3 is 4.90 Å². The highest BCUT2D eigenvalue weighted by molar-refractivity contribution is 5.36. The quantitative estimate of drug-likeness (QED) is 0.531. The van der Waals surface area contributed by atoms with E-state index in [1.807, 2.05) is 0 Å². The molecule has 2 aromatic rings. The molecule has 0 spiro atoms. The predicted molar refractivity (Wildman–Crippen MR) is 122 cm³/mol. The van der Waals surface area contributed by atoms with Crippen molar-refractivity contribution in [2.45, 2.75) is 96.8 Å². The van der Waals surface area contributed by atoms with Gasteiger partial charge in [0.1, 0.15) is 5.82 Å². The highest BCUT2D eigenvalue weighted by Gasteiger charge is 2.28. The molecule has 1 aliphatic carbocycles. The lowest BCUT2D eigenvalue weighted by Crippen LogP contribution is -2.38. The summed E-state index contributed by atoms with van der Waals surface area (Å²) in [5.74, 6) is 3.93. The van der Waals surface area contributed by atoms with Crippen molar-refractivity contribution in [3.05, 3.63) is 40.7 Å². The first-order valence-electron chi connectivity index (χ1n) is 12.0. The van der Waals surface area contributed by atoms with Crippen LogP contribution >= 0.6 is 0 Å². The smallest absolute Gasteiger partial charge is 0.225 e. The van der Waals surface area contributed by atoms with Gasteiger partial charge in [0.2, 0.25) is 5.95 Å². The fraction of sp³-hybridized carbons (Fsp3) is 0.680. The third-order valence-electron chi connectivity index (χ3n) is 6.65. The van der Waals surface area contributed by atoms with Crippen molar-refractivity contribution in [1.82, 2.24) is 19.9 Å². The number of hydrogen-bond acceptors (Lipinski definition) is 5. The van der Waals surface area contributed by atoms with Crippen LogP contribution in [0.3, 0.4) is 0 Å². The molecule has 2 aromatic heterocycles. The number of aromatic nitrogens is 4. The summed E-state index contributed by atoms with van der Waals surface area (Å²) in [5, 5.41) is 0.